The van der Waals surface area contributed by atoms with E-state index in [0.717, 1.165) is 44.0 Å². The minimum Gasteiger partial charge on any atom is -0.374 e. The van der Waals surface area contributed by atoms with E-state index in [9.17, 15) is 0 Å². The predicted molar refractivity (Wildman–Crippen MR) is 105 cm³/mol. The van der Waals surface area contributed by atoms with Crippen LogP contribution in [0, 0.1) is 18.8 Å². The van der Waals surface area contributed by atoms with Gasteiger partial charge in [-0.1, -0.05) is 24.3 Å². The molecule has 4 atom stereocenters. The molecule has 0 amide bonds. The van der Waals surface area contributed by atoms with Crippen molar-refractivity contribution < 1.29 is 4.74 Å². The molecule has 4 fully saturated rings. The Bertz CT molecular complexity index is 693. The molecule has 0 spiro atoms. The SMILES string of the molecule is CCNC(=NCC1(c2ccccc2C)CC1)N1CC2C3CCC(O3)C2C1. The molecule has 3 aliphatic heterocycles. The van der Waals surface area contributed by atoms with Gasteiger partial charge in [-0.3, -0.25) is 4.99 Å². The van der Waals surface area contributed by atoms with Gasteiger partial charge in [0.15, 0.2) is 5.96 Å². The van der Waals surface area contributed by atoms with E-state index in [1.54, 1.807) is 0 Å². The lowest BCUT2D eigenvalue weighted by Crippen LogP contribution is -2.41. The fraction of sp³-hybridized carbons (Fsp3) is 0.682. The van der Waals surface area contributed by atoms with Gasteiger partial charge in [-0.25, -0.2) is 0 Å². The highest BCUT2D eigenvalue weighted by molar-refractivity contribution is 5.80. The number of guanidine groups is 1. The molecule has 2 bridgehead atoms. The number of fused-ring (bicyclic) bond motifs is 5. The smallest absolute Gasteiger partial charge is 0.193 e. The first-order valence-corrected chi connectivity index (χ1v) is 10.4. The average Bonchev–Trinajstić information content (AvgIpc) is 3.00. The maximum atomic E-state index is 6.14. The first kappa shape index (κ1) is 16.6. The van der Waals surface area contributed by atoms with Gasteiger partial charge >= 0.3 is 0 Å². The Hall–Kier alpha value is -1.55. The standard InChI is InChI=1S/C22H31N3O/c1-3-23-21(25-12-16-17(13-25)20-9-8-19(16)26-20)24-14-22(10-11-22)18-7-5-4-6-15(18)2/h4-7,16-17,19-20H,3,8-14H2,1-2H3,(H,23,24). The van der Waals surface area contributed by atoms with Crippen molar-refractivity contribution in [3.05, 3.63) is 35.4 Å². The van der Waals surface area contributed by atoms with Crippen molar-refractivity contribution in [3.63, 3.8) is 0 Å². The van der Waals surface area contributed by atoms with Gasteiger partial charge in [0.25, 0.3) is 0 Å². The molecule has 26 heavy (non-hydrogen) atoms. The number of likely N-dealkylation sites (tertiary alicyclic amines) is 1. The van der Waals surface area contributed by atoms with Gasteiger partial charge in [-0.15, -0.1) is 0 Å². The summed E-state index contributed by atoms with van der Waals surface area (Å²) in [5.74, 6) is 2.58. The van der Waals surface area contributed by atoms with Crippen LogP contribution in [0.25, 0.3) is 0 Å². The summed E-state index contributed by atoms with van der Waals surface area (Å²) in [6.45, 7) is 8.50. The van der Waals surface area contributed by atoms with Gasteiger partial charge in [-0.05, 0) is 50.7 Å². The monoisotopic (exact) mass is 353 g/mol. The van der Waals surface area contributed by atoms with Crippen molar-refractivity contribution in [3.8, 4) is 0 Å². The summed E-state index contributed by atoms with van der Waals surface area (Å²) in [5, 5.41) is 3.57. The highest BCUT2D eigenvalue weighted by Crippen LogP contribution is 2.50. The number of aryl methyl sites for hydroxylation is 1. The molecule has 3 heterocycles. The lowest BCUT2D eigenvalue weighted by molar-refractivity contribution is 0.0767. The third-order valence-corrected chi connectivity index (χ3v) is 7.19. The molecule has 4 aliphatic rings. The van der Waals surface area contributed by atoms with Gasteiger partial charge in [0.1, 0.15) is 0 Å². The second kappa shape index (κ2) is 6.26. The number of rotatable bonds is 4. The van der Waals surface area contributed by atoms with Crippen LogP contribution in [0.4, 0.5) is 0 Å². The number of benzene rings is 1. The van der Waals surface area contributed by atoms with Crippen LogP contribution >= 0.6 is 0 Å². The van der Waals surface area contributed by atoms with Gasteiger partial charge < -0.3 is 15.0 Å². The molecule has 1 aromatic carbocycles. The fourth-order valence-electron chi connectivity index (χ4n) is 5.62. The number of nitrogens with one attached hydrogen (secondary N) is 1. The molecule has 1 saturated carbocycles. The molecule has 4 heteroatoms. The molecule has 1 aliphatic carbocycles. The molecule has 1 aromatic rings. The molecule has 4 unspecified atom stereocenters. The summed E-state index contributed by atoms with van der Waals surface area (Å²) in [7, 11) is 0. The van der Waals surface area contributed by atoms with Crippen LogP contribution < -0.4 is 5.32 Å². The summed E-state index contributed by atoms with van der Waals surface area (Å²) >= 11 is 0. The molecule has 0 radical (unpaired) electrons. The maximum absolute atomic E-state index is 6.14. The van der Waals surface area contributed by atoms with E-state index in [-0.39, 0.29) is 5.41 Å². The topological polar surface area (TPSA) is 36.9 Å². The molecular formula is C22H31N3O. The van der Waals surface area contributed by atoms with Crippen LogP contribution in [0.1, 0.15) is 43.7 Å². The van der Waals surface area contributed by atoms with Crippen LogP contribution in [0.5, 0.6) is 0 Å². The second-order valence-corrected chi connectivity index (χ2v) is 8.79. The van der Waals surface area contributed by atoms with Crippen molar-refractivity contribution in [2.24, 2.45) is 16.8 Å². The van der Waals surface area contributed by atoms with Crippen molar-refractivity contribution in [2.75, 3.05) is 26.2 Å². The highest BCUT2D eigenvalue weighted by atomic mass is 16.5. The lowest BCUT2D eigenvalue weighted by Gasteiger charge is -2.24. The van der Waals surface area contributed by atoms with Crippen molar-refractivity contribution >= 4 is 5.96 Å². The largest absolute Gasteiger partial charge is 0.374 e. The molecule has 5 rings (SSSR count). The Morgan fingerprint density at radius 1 is 1.19 bits per heavy atom. The van der Waals surface area contributed by atoms with Gasteiger partial charge in [0.2, 0.25) is 0 Å². The molecular weight excluding hydrogens is 322 g/mol. The van der Waals surface area contributed by atoms with Gasteiger partial charge in [-0.2, -0.15) is 0 Å². The average molecular weight is 354 g/mol. The molecule has 1 N–H and O–H groups in total. The zero-order chi connectivity index (χ0) is 17.7. The summed E-state index contributed by atoms with van der Waals surface area (Å²) < 4.78 is 6.14. The van der Waals surface area contributed by atoms with Crippen LogP contribution in [0.2, 0.25) is 0 Å². The molecule has 0 aromatic heterocycles. The van der Waals surface area contributed by atoms with Crippen LogP contribution in [-0.4, -0.2) is 49.2 Å². The lowest BCUT2D eigenvalue weighted by atomic mass is 9.82. The third-order valence-electron chi connectivity index (χ3n) is 7.19. The third kappa shape index (κ3) is 2.65. The van der Waals surface area contributed by atoms with Crippen molar-refractivity contribution in [1.29, 1.82) is 0 Å². The van der Waals surface area contributed by atoms with E-state index >= 15 is 0 Å². The number of hydrogen-bond donors (Lipinski definition) is 1. The van der Waals surface area contributed by atoms with Crippen LogP contribution in [0.3, 0.4) is 0 Å². The number of hydrogen-bond acceptors (Lipinski definition) is 2. The quantitative estimate of drug-likeness (QED) is 0.667. The van der Waals surface area contributed by atoms with Crippen LogP contribution in [-0.2, 0) is 10.2 Å². The van der Waals surface area contributed by atoms with E-state index in [1.807, 2.05) is 0 Å². The maximum Gasteiger partial charge on any atom is 0.193 e. The van der Waals surface area contributed by atoms with Gasteiger partial charge in [0.05, 0.1) is 18.8 Å². The molecule has 4 nitrogen and oxygen atoms in total. The van der Waals surface area contributed by atoms with Crippen LogP contribution in [0.15, 0.2) is 29.3 Å². The summed E-state index contributed by atoms with van der Waals surface area (Å²) in [5.41, 5.74) is 3.20. The minimum atomic E-state index is 0.281. The first-order chi connectivity index (χ1) is 12.7. The van der Waals surface area contributed by atoms with E-state index < -0.39 is 0 Å². The summed E-state index contributed by atoms with van der Waals surface area (Å²) in [6, 6.07) is 8.86. The Labute approximate surface area is 157 Å². The zero-order valence-electron chi connectivity index (χ0n) is 16.1. The van der Waals surface area contributed by atoms with E-state index in [1.165, 1.54) is 36.8 Å². The predicted octanol–water partition coefficient (Wildman–Crippen LogP) is 3.10. The van der Waals surface area contributed by atoms with E-state index in [4.69, 9.17) is 9.73 Å². The summed E-state index contributed by atoms with van der Waals surface area (Å²) in [6.07, 6.45) is 6.10. The van der Waals surface area contributed by atoms with E-state index in [0.29, 0.717) is 12.2 Å². The molecule has 3 saturated heterocycles. The fourth-order valence-corrected chi connectivity index (χ4v) is 5.62. The van der Waals surface area contributed by atoms with Crippen molar-refractivity contribution in [2.45, 2.75) is 57.2 Å². The van der Waals surface area contributed by atoms with Gasteiger partial charge in [0, 0.05) is 36.9 Å². The molecule has 140 valence electrons. The zero-order valence-corrected chi connectivity index (χ0v) is 16.1. The first-order valence-electron chi connectivity index (χ1n) is 10.4. The number of ether oxygens (including phenoxy) is 1. The van der Waals surface area contributed by atoms with Crippen molar-refractivity contribution in [1.82, 2.24) is 10.2 Å². The Morgan fingerprint density at radius 2 is 1.88 bits per heavy atom. The Balaban J connectivity index is 1.33. The number of nitrogens with zero attached hydrogens (tertiary/aromatic N) is 2. The minimum absolute atomic E-state index is 0.281. The Morgan fingerprint density at radius 3 is 2.50 bits per heavy atom. The Kier molecular flexibility index (Phi) is 4.00. The normalized spacial score (nSPS) is 34.2. The highest BCUT2D eigenvalue weighted by Gasteiger charge is 2.53. The summed E-state index contributed by atoms with van der Waals surface area (Å²) in [4.78, 5) is 7.65. The van der Waals surface area contributed by atoms with E-state index in [2.05, 4.69) is 48.3 Å². The second-order valence-electron chi connectivity index (χ2n) is 8.79. The number of aliphatic imine (C=N–C) groups is 1.